The lowest BCUT2D eigenvalue weighted by atomic mass is 10.2. The third-order valence-corrected chi connectivity index (χ3v) is 3.43. The molecule has 0 unspecified atom stereocenters. The molecule has 3 rings (SSSR count). The van der Waals surface area contributed by atoms with Gasteiger partial charge in [-0.3, -0.25) is 14.3 Å². The van der Waals surface area contributed by atoms with Gasteiger partial charge in [-0.05, 0) is 36.4 Å². The number of carbonyl (C=O) groups is 2. The number of benzene rings is 1. The van der Waals surface area contributed by atoms with Crippen LogP contribution in [0.4, 0.5) is 5.69 Å². The van der Waals surface area contributed by atoms with Gasteiger partial charge in [-0.1, -0.05) is 0 Å². The Morgan fingerprint density at radius 2 is 1.78 bits per heavy atom. The van der Waals surface area contributed by atoms with E-state index < -0.39 is 5.91 Å². The first-order valence-electron chi connectivity index (χ1n) is 6.93. The van der Waals surface area contributed by atoms with Crippen molar-refractivity contribution < 1.29 is 9.59 Å². The van der Waals surface area contributed by atoms with Crippen molar-refractivity contribution in [2.24, 2.45) is 12.8 Å². The molecule has 0 spiro atoms. The normalized spacial score (nSPS) is 10.5. The van der Waals surface area contributed by atoms with E-state index in [-0.39, 0.29) is 5.91 Å². The van der Waals surface area contributed by atoms with Gasteiger partial charge in [0.15, 0.2) is 0 Å². The molecule has 7 nitrogen and oxygen atoms in total. The van der Waals surface area contributed by atoms with Crippen molar-refractivity contribution >= 4 is 17.5 Å². The van der Waals surface area contributed by atoms with E-state index in [0.29, 0.717) is 22.6 Å². The van der Waals surface area contributed by atoms with Crippen molar-refractivity contribution in [2.75, 3.05) is 5.32 Å². The van der Waals surface area contributed by atoms with E-state index in [1.807, 2.05) is 29.1 Å². The van der Waals surface area contributed by atoms with Crippen LogP contribution in [0.1, 0.15) is 20.7 Å². The Labute approximate surface area is 132 Å². The predicted molar refractivity (Wildman–Crippen MR) is 85.4 cm³/mol. The molecule has 0 radical (unpaired) electrons. The molecule has 0 aliphatic heterocycles. The number of nitrogens with one attached hydrogen (secondary N) is 1. The average Bonchev–Trinajstić information content (AvgIpc) is 3.16. The second-order valence-corrected chi connectivity index (χ2v) is 4.99. The van der Waals surface area contributed by atoms with Gasteiger partial charge in [0, 0.05) is 30.7 Å². The SMILES string of the molecule is Cn1ncc(C(=O)Nc2ccc(C(N)=O)cc2)c1-n1cccc1. The molecule has 0 aliphatic carbocycles. The van der Waals surface area contributed by atoms with Crippen LogP contribution < -0.4 is 11.1 Å². The summed E-state index contributed by atoms with van der Waals surface area (Å²) in [4.78, 5) is 23.5. The minimum Gasteiger partial charge on any atom is -0.366 e. The van der Waals surface area contributed by atoms with Gasteiger partial charge in [0.1, 0.15) is 11.4 Å². The molecule has 0 bridgehead atoms. The van der Waals surface area contributed by atoms with Crippen molar-refractivity contribution in [3.63, 3.8) is 0 Å². The number of aromatic nitrogens is 3. The zero-order valence-corrected chi connectivity index (χ0v) is 12.4. The van der Waals surface area contributed by atoms with Gasteiger partial charge in [0.05, 0.1) is 6.20 Å². The lowest BCUT2D eigenvalue weighted by molar-refractivity contribution is 0.0998. The highest BCUT2D eigenvalue weighted by Gasteiger charge is 2.17. The average molecular weight is 309 g/mol. The second kappa shape index (κ2) is 5.80. The molecule has 0 saturated heterocycles. The predicted octanol–water partition coefficient (Wildman–Crippen LogP) is 1.56. The van der Waals surface area contributed by atoms with E-state index in [1.165, 1.54) is 6.20 Å². The Bertz CT molecular complexity index is 847. The number of aryl methyl sites for hydroxylation is 1. The number of hydrogen-bond acceptors (Lipinski definition) is 3. The van der Waals surface area contributed by atoms with Crippen LogP contribution in [0.5, 0.6) is 0 Å². The zero-order valence-electron chi connectivity index (χ0n) is 12.4. The van der Waals surface area contributed by atoms with Crippen LogP contribution in [-0.2, 0) is 7.05 Å². The maximum Gasteiger partial charge on any atom is 0.261 e. The molecule has 0 fully saturated rings. The molecule has 1 aromatic carbocycles. The molecule has 116 valence electrons. The highest BCUT2D eigenvalue weighted by atomic mass is 16.2. The highest BCUT2D eigenvalue weighted by molar-refractivity contribution is 6.06. The monoisotopic (exact) mass is 309 g/mol. The van der Waals surface area contributed by atoms with E-state index in [2.05, 4.69) is 10.4 Å². The number of nitrogens with two attached hydrogens (primary N) is 1. The second-order valence-electron chi connectivity index (χ2n) is 4.99. The number of hydrogen-bond donors (Lipinski definition) is 2. The van der Waals surface area contributed by atoms with Gasteiger partial charge in [-0.25, -0.2) is 0 Å². The number of nitrogens with zero attached hydrogens (tertiary/aromatic N) is 3. The fourth-order valence-electron chi connectivity index (χ4n) is 2.29. The van der Waals surface area contributed by atoms with Crippen molar-refractivity contribution in [2.45, 2.75) is 0 Å². The molecule has 0 saturated carbocycles. The lowest BCUT2D eigenvalue weighted by Gasteiger charge is -2.08. The van der Waals surface area contributed by atoms with Gasteiger partial charge in [-0.2, -0.15) is 5.10 Å². The minimum absolute atomic E-state index is 0.284. The number of carbonyl (C=O) groups excluding carboxylic acids is 2. The third-order valence-electron chi connectivity index (χ3n) is 3.43. The van der Waals surface area contributed by atoms with Crippen molar-refractivity contribution in [1.82, 2.24) is 14.3 Å². The van der Waals surface area contributed by atoms with E-state index in [4.69, 9.17) is 5.73 Å². The summed E-state index contributed by atoms with van der Waals surface area (Å²) in [6, 6.07) is 10.1. The summed E-state index contributed by atoms with van der Waals surface area (Å²) in [5.74, 6) is -0.125. The smallest absolute Gasteiger partial charge is 0.261 e. The summed E-state index contributed by atoms with van der Waals surface area (Å²) in [6.07, 6.45) is 5.20. The Morgan fingerprint density at radius 3 is 2.39 bits per heavy atom. The molecule has 3 N–H and O–H groups in total. The first kappa shape index (κ1) is 14.6. The maximum atomic E-state index is 12.5. The first-order chi connectivity index (χ1) is 11.1. The number of anilines is 1. The van der Waals surface area contributed by atoms with Gasteiger partial charge < -0.3 is 15.6 Å². The van der Waals surface area contributed by atoms with E-state index in [9.17, 15) is 9.59 Å². The number of primary amides is 1. The van der Waals surface area contributed by atoms with Crippen LogP contribution in [0, 0.1) is 0 Å². The Kier molecular flexibility index (Phi) is 3.68. The van der Waals surface area contributed by atoms with Crippen LogP contribution in [0.3, 0.4) is 0 Å². The van der Waals surface area contributed by atoms with Gasteiger partial charge in [-0.15, -0.1) is 0 Å². The third kappa shape index (κ3) is 2.84. The van der Waals surface area contributed by atoms with Crippen LogP contribution in [0.25, 0.3) is 5.82 Å². The zero-order chi connectivity index (χ0) is 16.4. The van der Waals surface area contributed by atoms with Crippen LogP contribution in [-0.4, -0.2) is 26.2 Å². The molecular weight excluding hydrogens is 294 g/mol. The lowest BCUT2D eigenvalue weighted by Crippen LogP contribution is -2.15. The van der Waals surface area contributed by atoms with Crippen molar-refractivity contribution in [3.8, 4) is 5.82 Å². The fraction of sp³-hybridized carbons (Fsp3) is 0.0625. The fourth-order valence-corrected chi connectivity index (χ4v) is 2.29. The van der Waals surface area contributed by atoms with E-state index in [1.54, 1.807) is 36.0 Å². The first-order valence-corrected chi connectivity index (χ1v) is 6.93. The summed E-state index contributed by atoms with van der Waals surface area (Å²) >= 11 is 0. The molecule has 0 atom stereocenters. The number of rotatable bonds is 4. The molecule has 3 aromatic rings. The summed E-state index contributed by atoms with van der Waals surface area (Å²) in [6.45, 7) is 0. The van der Waals surface area contributed by atoms with Crippen LogP contribution >= 0.6 is 0 Å². The largest absolute Gasteiger partial charge is 0.366 e. The van der Waals surface area contributed by atoms with E-state index in [0.717, 1.165) is 0 Å². The maximum absolute atomic E-state index is 12.5. The molecule has 23 heavy (non-hydrogen) atoms. The van der Waals surface area contributed by atoms with Gasteiger partial charge >= 0.3 is 0 Å². The summed E-state index contributed by atoms with van der Waals surface area (Å²) in [7, 11) is 1.77. The summed E-state index contributed by atoms with van der Waals surface area (Å²) < 4.78 is 3.45. The van der Waals surface area contributed by atoms with Crippen molar-refractivity contribution in [3.05, 3.63) is 66.1 Å². The molecule has 2 heterocycles. The molecular formula is C16H15N5O2. The standard InChI is InChI=1S/C16H15N5O2/c1-20-16(21-8-2-3-9-21)13(10-18-20)15(23)19-12-6-4-11(5-7-12)14(17)22/h2-10H,1H3,(H2,17,22)(H,19,23). The molecule has 7 heteroatoms. The quantitative estimate of drug-likeness (QED) is 0.765. The molecule has 2 amide bonds. The summed E-state index contributed by atoms with van der Waals surface area (Å²) in [5.41, 5.74) is 6.60. The Balaban J connectivity index is 1.86. The Hall–Kier alpha value is -3.35. The van der Waals surface area contributed by atoms with Crippen LogP contribution in [0.2, 0.25) is 0 Å². The minimum atomic E-state index is -0.509. The molecule has 0 aliphatic rings. The van der Waals surface area contributed by atoms with Gasteiger partial charge in [0.25, 0.3) is 5.91 Å². The highest BCUT2D eigenvalue weighted by Crippen LogP contribution is 2.17. The summed E-state index contributed by atoms with van der Waals surface area (Å²) in [5, 5.41) is 6.93. The van der Waals surface area contributed by atoms with Crippen LogP contribution in [0.15, 0.2) is 55.0 Å². The molecule has 2 aromatic heterocycles. The Morgan fingerprint density at radius 1 is 1.13 bits per heavy atom. The van der Waals surface area contributed by atoms with E-state index >= 15 is 0 Å². The van der Waals surface area contributed by atoms with Crippen molar-refractivity contribution in [1.29, 1.82) is 0 Å². The topological polar surface area (TPSA) is 94.9 Å². The van der Waals surface area contributed by atoms with Gasteiger partial charge in [0.2, 0.25) is 5.91 Å². The number of amides is 2.